The SMILES string of the molecule is CC(=CCN(C)CC(O)CC(C(=O)O)P(=O)(O)O)CCc1ccc2ccccc2c1.[H-].[H-].[H-].[Na+].[Na+].[Na+]. The van der Waals surface area contributed by atoms with Crippen molar-refractivity contribution in [2.45, 2.75) is 37.9 Å². The number of hydrogen-bond acceptors (Lipinski definition) is 4. The molecule has 2 aromatic carbocycles. The molecule has 2 unspecified atom stereocenters. The van der Waals surface area contributed by atoms with E-state index < -0.39 is 31.7 Å². The maximum absolute atomic E-state index is 11.2. The van der Waals surface area contributed by atoms with Crippen molar-refractivity contribution in [2.24, 2.45) is 0 Å². The first-order valence-electron chi connectivity index (χ1n) is 9.84. The maximum Gasteiger partial charge on any atom is 1.00 e. The van der Waals surface area contributed by atoms with Gasteiger partial charge < -0.3 is 29.2 Å². The maximum atomic E-state index is 11.2. The molecule has 2 aromatic rings. The Morgan fingerprint density at radius 1 is 1.12 bits per heavy atom. The predicted octanol–water partition coefficient (Wildman–Crippen LogP) is -5.62. The summed E-state index contributed by atoms with van der Waals surface area (Å²) in [5, 5.41) is 21.4. The summed E-state index contributed by atoms with van der Waals surface area (Å²) in [6.07, 6.45) is 2.23. The first kappa shape index (κ1) is 36.1. The zero-order valence-electron chi connectivity index (χ0n) is 23.3. The predicted molar refractivity (Wildman–Crippen MR) is 121 cm³/mol. The van der Waals surface area contributed by atoms with Crippen LogP contribution in [-0.2, 0) is 15.8 Å². The number of carboxylic acid groups (broad SMARTS) is 1. The first-order chi connectivity index (χ1) is 14.1. The molecule has 0 aliphatic heterocycles. The van der Waals surface area contributed by atoms with Gasteiger partial charge >= 0.3 is 102 Å². The number of fused-ring (bicyclic) bond motifs is 1. The summed E-state index contributed by atoms with van der Waals surface area (Å²) in [4.78, 5) is 31.0. The Morgan fingerprint density at radius 2 is 1.73 bits per heavy atom. The molecule has 0 heterocycles. The number of aryl methyl sites for hydroxylation is 1. The molecule has 11 heteroatoms. The third kappa shape index (κ3) is 13.2. The van der Waals surface area contributed by atoms with Gasteiger partial charge in [0.25, 0.3) is 0 Å². The Labute approximate surface area is 266 Å². The first-order valence-corrected chi connectivity index (χ1v) is 11.5. The van der Waals surface area contributed by atoms with E-state index in [1.807, 2.05) is 25.1 Å². The smallest absolute Gasteiger partial charge is 1.00 e. The number of aliphatic carboxylic acids is 1. The molecule has 170 valence electrons. The Bertz CT molecular complexity index is 968. The molecular weight excluding hydrogens is 474 g/mol. The van der Waals surface area contributed by atoms with Crippen LogP contribution in [0.1, 0.15) is 29.6 Å². The van der Waals surface area contributed by atoms with Crippen LogP contribution in [0.3, 0.4) is 0 Å². The van der Waals surface area contributed by atoms with Crippen LogP contribution in [-0.4, -0.2) is 62.8 Å². The average Bonchev–Trinajstić information content (AvgIpc) is 2.67. The van der Waals surface area contributed by atoms with Gasteiger partial charge in [0.05, 0.1) is 6.10 Å². The van der Waals surface area contributed by atoms with Crippen molar-refractivity contribution >= 4 is 24.3 Å². The topological polar surface area (TPSA) is 118 Å². The van der Waals surface area contributed by atoms with Crippen molar-refractivity contribution < 1.29 is 122 Å². The number of carboxylic acids is 1. The van der Waals surface area contributed by atoms with Crippen LogP contribution in [0.25, 0.3) is 10.8 Å². The average molecular weight is 507 g/mol. The molecule has 0 aliphatic rings. The van der Waals surface area contributed by atoms with Crippen molar-refractivity contribution in [3.63, 3.8) is 0 Å². The summed E-state index contributed by atoms with van der Waals surface area (Å²) in [7, 11) is -3.04. The van der Waals surface area contributed by atoms with E-state index in [4.69, 9.17) is 14.9 Å². The van der Waals surface area contributed by atoms with Gasteiger partial charge in [-0.1, -0.05) is 54.1 Å². The van der Waals surface area contributed by atoms with Crippen molar-refractivity contribution in [2.75, 3.05) is 20.1 Å². The van der Waals surface area contributed by atoms with E-state index in [2.05, 4.69) is 30.3 Å². The molecule has 2 rings (SSSR count). The number of aliphatic hydroxyl groups is 1. The summed E-state index contributed by atoms with van der Waals surface area (Å²) in [5.74, 6) is -1.60. The number of hydrogen-bond donors (Lipinski definition) is 4. The minimum Gasteiger partial charge on any atom is -1.00 e. The van der Waals surface area contributed by atoms with Gasteiger partial charge in [0, 0.05) is 13.1 Å². The van der Waals surface area contributed by atoms with Crippen molar-refractivity contribution in [3.8, 4) is 0 Å². The van der Waals surface area contributed by atoms with Crippen molar-refractivity contribution in [3.05, 3.63) is 59.7 Å². The van der Waals surface area contributed by atoms with Gasteiger partial charge in [-0.2, -0.15) is 0 Å². The number of benzene rings is 2. The monoisotopic (exact) mass is 507 g/mol. The molecule has 0 bridgehead atoms. The zero-order chi connectivity index (χ0) is 22.3. The fourth-order valence-corrected chi connectivity index (χ4v) is 4.10. The van der Waals surface area contributed by atoms with Crippen LogP contribution in [0.5, 0.6) is 0 Å². The number of likely N-dealkylation sites (N-methyl/N-ethyl adjacent to an activating group) is 1. The fraction of sp³-hybridized carbons (Fsp3) is 0.409. The summed E-state index contributed by atoms with van der Waals surface area (Å²) in [6.45, 7) is 2.71. The molecule has 33 heavy (non-hydrogen) atoms. The molecule has 0 aromatic heterocycles. The molecule has 0 saturated carbocycles. The van der Waals surface area contributed by atoms with E-state index in [9.17, 15) is 14.5 Å². The fourth-order valence-electron chi connectivity index (χ4n) is 3.30. The Balaban J connectivity index is -0.000000534. The largest absolute Gasteiger partial charge is 1.00 e. The van der Waals surface area contributed by atoms with Gasteiger partial charge in [-0.25, -0.2) is 0 Å². The van der Waals surface area contributed by atoms with Gasteiger partial charge in [-0.15, -0.1) is 0 Å². The third-order valence-corrected chi connectivity index (χ3v) is 6.33. The van der Waals surface area contributed by atoms with Gasteiger partial charge in [0.1, 0.15) is 0 Å². The van der Waals surface area contributed by atoms with E-state index in [1.165, 1.54) is 21.9 Å². The quantitative estimate of drug-likeness (QED) is 0.136. The van der Waals surface area contributed by atoms with E-state index >= 15 is 0 Å². The van der Waals surface area contributed by atoms with Crippen LogP contribution < -0.4 is 88.7 Å². The van der Waals surface area contributed by atoms with Gasteiger partial charge in [0.15, 0.2) is 5.66 Å². The molecule has 0 radical (unpaired) electrons. The van der Waals surface area contributed by atoms with Gasteiger partial charge in [0.2, 0.25) is 0 Å². The second-order valence-electron chi connectivity index (χ2n) is 7.79. The number of nitrogens with zero attached hydrogens (tertiary/aromatic N) is 1. The Hall–Kier alpha value is 0.980. The minimum absolute atomic E-state index is 0. The van der Waals surface area contributed by atoms with E-state index in [0.717, 1.165) is 12.8 Å². The molecule has 0 spiro atoms. The summed E-state index contributed by atoms with van der Waals surface area (Å²) in [5.41, 5.74) is 0.575. The number of allylic oxidation sites excluding steroid dienone is 1. The standard InChI is InChI=1S/C22H30NO6P.3Na.3H/c1-16(7-8-17-9-10-18-5-3-4-6-19(18)13-17)11-12-23(2)15-20(24)14-21(22(25)26)30(27,28)29;;;;;;/h3-6,9-11,13,20-21,24H,7-8,12,14-15H2,1-2H3,(H,25,26)(H2,27,28,29);;;;;;/q;3*+1;3*-1. The number of rotatable bonds is 11. The molecular formula is C22H33NNa3O6P. The van der Waals surface area contributed by atoms with Crippen LogP contribution in [0, 0.1) is 0 Å². The normalized spacial score (nSPS) is 13.5. The van der Waals surface area contributed by atoms with Gasteiger partial charge in [-0.3, -0.25) is 9.36 Å². The van der Waals surface area contributed by atoms with Crippen LogP contribution in [0.4, 0.5) is 0 Å². The van der Waals surface area contributed by atoms with E-state index in [1.54, 1.807) is 11.9 Å². The molecule has 0 fully saturated rings. The Kier molecular flexibility index (Phi) is 19.1. The molecule has 0 saturated heterocycles. The van der Waals surface area contributed by atoms with Crippen LogP contribution in [0.2, 0.25) is 0 Å². The van der Waals surface area contributed by atoms with Crippen molar-refractivity contribution in [1.29, 1.82) is 0 Å². The zero-order valence-corrected chi connectivity index (χ0v) is 27.2. The van der Waals surface area contributed by atoms with Gasteiger partial charge in [-0.05, 0) is 49.6 Å². The molecule has 2 atom stereocenters. The molecule has 0 aliphatic carbocycles. The number of carbonyl (C=O) groups is 1. The molecule has 7 nitrogen and oxygen atoms in total. The third-order valence-electron chi connectivity index (χ3n) is 5.08. The summed E-state index contributed by atoms with van der Waals surface area (Å²) in [6, 6.07) is 14.7. The molecule has 0 amide bonds. The van der Waals surface area contributed by atoms with Crippen molar-refractivity contribution in [1.82, 2.24) is 4.90 Å². The second-order valence-corrected chi connectivity index (χ2v) is 9.59. The number of aliphatic hydroxyl groups excluding tert-OH is 1. The van der Waals surface area contributed by atoms with E-state index in [-0.39, 0.29) is 99.5 Å². The summed E-state index contributed by atoms with van der Waals surface area (Å²) >= 11 is 0. The minimum atomic E-state index is -4.80. The van der Waals surface area contributed by atoms with Crippen LogP contribution >= 0.6 is 7.60 Å². The second kappa shape index (κ2) is 17.4. The summed E-state index contributed by atoms with van der Waals surface area (Å²) < 4.78 is 11.2. The van der Waals surface area contributed by atoms with Crippen LogP contribution in [0.15, 0.2) is 54.1 Å². The molecule has 4 N–H and O–H groups in total. The Morgan fingerprint density at radius 3 is 2.30 bits per heavy atom. The van der Waals surface area contributed by atoms with E-state index in [0.29, 0.717) is 6.54 Å².